The second kappa shape index (κ2) is 8.99. The van der Waals surface area contributed by atoms with Gasteiger partial charge in [-0.3, -0.25) is 14.5 Å². The average Bonchev–Trinajstić information content (AvgIpc) is 2.64. The van der Waals surface area contributed by atoms with E-state index in [-0.39, 0.29) is 11.8 Å². The fraction of sp³-hybridized carbons (Fsp3) is 0.895. The molecule has 1 atom stereocenters. The predicted molar refractivity (Wildman–Crippen MR) is 100 cm³/mol. The molecule has 144 valence electrons. The van der Waals surface area contributed by atoms with Crippen molar-refractivity contribution in [1.82, 2.24) is 14.7 Å². The summed E-state index contributed by atoms with van der Waals surface area (Å²) in [6, 6.07) is 0.364. The number of hydrogen-bond acceptors (Lipinski definition) is 4. The van der Waals surface area contributed by atoms with Gasteiger partial charge >= 0.3 is 0 Å². The maximum absolute atomic E-state index is 12.9. The van der Waals surface area contributed by atoms with E-state index < -0.39 is 5.41 Å². The third-order valence-corrected chi connectivity index (χ3v) is 6.34. The minimum Gasteiger partial charge on any atom is -0.340 e. The van der Waals surface area contributed by atoms with Crippen LogP contribution in [0.15, 0.2) is 0 Å². The van der Waals surface area contributed by atoms with E-state index in [2.05, 4.69) is 11.8 Å². The minimum absolute atomic E-state index is 0.190. The van der Waals surface area contributed by atoms with Crippen LogP contribution in [-0.4, -0.2) is 78.4 Å². The van der Waals surface area contributed by atoms with Gasteiger partial charge in [0.25, 0.3) is 0 Å². The summed E-state index contributed by atoms with van der Waals surface area (Å²) in [5.41, 5.74) is 5.50. The molecule has 2 heterocycles. The summed E-state index contributed by atoms with van der Waals surface area (Å²) in [5.74, 6) is 0.432. The van der Waals surface area contributed by atoms with Gasteiger partial charge in [0.1, 0.15) is 0 Å². The number of rotatable bonds is 6. The summed E-state index contributed by atoms with van der Waals surface area (Å²) in [6.45, 7) is 11.0. The molecule has 2 saturated heterocycles. The highest BCUT2D eigenvalue weighted by atomic mass is 16.2. The maximum Gasteiger partial charge on any atom is 0.236 e. The van der Waals surface area contributed by atoms with Crippen LogP contribution in [0.4, 0.5) is 0 Å². The quantitative estimate of drug-likeness (QED) is 0.782. The van der Waals surface area contributed by atoms with Crippen molar-refractivity contribution >= 4 is 11.8 Å². The maximum atomic E-state index is 12.9. The Balaban J connectivity index is 1.85. The van der Waals surface area contributed by atoms with Gasteiger partial charge in [0, 0.05) is 45.3 Å². The molecule has 1 unspecified atom stereocenters. The molecule has 25 heavy (non-hydrogen) atoms. The molecule has 0 aliphatic carbocycles. The normalized spacial score (nSPS) is 23.0. The number of carbonyl (C=O) groups excluding carboxylic acids is 2. The van der Waals surface area contributed by atoms with E-state index in [1.54, 1.807) is 0 Å². The largest absolute Gasteiger partial charge is 0.340 e. The molecule has 2 rings (SSSR count). The van der Waals surface area contributed by atoms with Crippen LogP contribution >= 0.6 is 0 Å². The number of piperidine rings is 1. The molecule has 2 N–H and O–H groups in total. The Morgan fingerprint density at radius 3 is 2.20 bits per heavy atom. The molecule has 0 aromatic carbocycles. The molecule has 0 aromatic rings. The average molecular weight is 353 g/mol. The van der Waals surface area contributed by atoms with E-state index in [0.717, 1.165) is 45.3 Å². The topological polar surface area (TPSA) is 69.9 Å². The summed E-state index contributed by atoms with van der Waals surface area (Å²) in [4.78, 5) is 31.6. The first-order chi connectivity index (χ1) is 12.0. The predicted octanol–water partition coefficient (Wildman–Crippen LogP) is 1.30. The van der Waals surface area contributed by atoms with Gasteiger partial charge in [0.15, 0.2) is 0 Å². The van der Waals surface area contributed by atoms with Crippen LogP contribution in [0.3, 0.4) is 0 Å². The second-order valence-corrected chi connectivity index (χ2v) is 7.69. The lowest BCUT2D eigenvalue weighted by Crippen LogP contribution is -2.56. The van der Waals surface area contributed by atoms with Crippen LogP contribution in [-0.2, 0) is 9.59 Å². The number of nitrogens with zero attached hydrogens (tertiary/aromatic N) is 3. The van der Waals surface area contributed by atoms with Gasteiger partial charge < -0.3 is 15.5 Å². The van der Waals surface area contributed by atoms with Crippen molar-refractivity contribution in [1.29, 1.82) is 0 Å². The van der Waals surface area contributed by atoms with E-state index in [9.17, 15) is 9.59 Å². The third kappa shape index (κ3) is 4.53. The highest BCUT2D eigenvalue weighted by Crippen LogP contribution is 2.28. The first-order valence-corrected chi connectivity index (χ1v) is 9.98. The third-order valence-electron chi connectivity index (χ3n) is 6.34. The van der Waals surface area contributed by atoms with E-state index in [1.165, 1.54) is 6.42 Å². The summed E-state index contributed by atoms with van der Waals surface area (Å²) >= 11 is 0. The van der Waals surface area contributed by atoms with E-state index >= 15 is 0 Å². The molecule has 0 radical (unpaired) electrons. The Hall–Kier alpha value is -1.14. The summed E-state index contributed by atoms with van der Waals surface area (Å²) in [5, 5.41) is 0. The molecule has 0 aromatic heterocycles. The fourth-order valence-corrected chi connectivity index (χ4v) is 4.12. The fourth-order valence-electron chi connectivity index (χ4n) is 4.12. The molecule has 0 spiro atoms. The number of amides is 2. The Kier molecular flexibility index (Phi) is 7.25. The van der Waals surface area contributed by atoms with Gasteiger partial charge in [-0.05, 0) is 39.0 Å². The molecule has 0 saturated carbocycles. The van der Waals surface area contributed by atoms with Crippen molar-refractivity contribution in [3.05, 3.63) is 0 Å². The number of hydrogen-bond donors (Lipinski definition) is 1. The number of likely N-dealkylation sites (tertiary alicyclic amines) is 1. The number of carbonyl (C=O) groups is 2. The van der Waals surface area contributed by atoms with Crippen LogP contribution < -0.4 is 5.73 Å². The zero-order valence-electron chi connectivity index (χ0n) is 16.3. The molecule has 2 aliphatic rings. The molecule has 6 heteroatoms. The van der Waals surface area contributed by atoms with E-state index in [1.807, 2.05) is 23.6 Å². The molecule has 2 amide bonds. The van der Waals surface area contributed by atoms with Crippen molar-refractivity contribution in [3.63, 3.8) is 0 Å². The van der Waals surface area contributed by atoms with Gasteiger partial charge in [0.2, 0.25) is 11.8 Å². The van der Waals surface area contributed by atoms with Crippen molar-refractivity contribution in [2.75, 3.05) is 45.8 Å². The minimum atomic E-state index is -0.415. The lowest BCUT2D eigenvalue weighted by Gasteiger charge is -2.41. The lowest BCUT2D eigenvalue weighted by molar-refractivity contribution is -0.144. The molecule has 0 bridgehead atoms. The SMILES string of the molecule is CCC(CC)(CN)C(=O)N1CCN(CC(=O)N2CCCCC2C)CC1. The Morgan fingerprint density at radius 1 is 1.04 bits per heavy atom. The second-order valence-electron chi connectivity index (χ2n) is 7.69. The first-order valence-electron chi connectivity index (χ1n) is 9.98. The zero-order chi connectivity index (χ0) is 18.4. The molecule has 2 fully saturated rings. The summed E-state index contributed by atoms with van der Waals surface area (Å²) in [7, 11) is 0. The number of piperazine rings is 1. The van der Waals surface area contributed by atoms with E-state index in [4.69, 9.17) is 5.73 Å². The summed E-state index contributed by atoms with van der Waals surface area (Å²) < 4.78 is 0. The van der Waals surface area contributed by atoms with Crippen molar-refractivity contribution in [2.24, 2.45) is 11.1 Å². The van der Waals surface area contributed by atoms with Gasteiger partial charge in [0.05, 0.1) is 12.0 Å². The van der Waals surface area contributed by atoms with Crippen molar-refractivity contribution < 1.29 is 9.59 Å². The standard InChI is InChI=1S/C19H36N4O2/c1-4-19(5-2,15-20)18(25)22-12-10-21(11-13-22)14-17(24)23-9-7-6-8-16(23)3/h16H,4-15,20H2,1-3H3. The highest BCUT2D eigenvalue weighted by Gasteiger charge is 2.38. The molecule has 6 nitrogen and oxygen atoms in total. The van der Waals surface area contributed by atoms with Gasteiger partial charge in [-0.25, -0.2) is 0 Å². The highest BCUT2D eigenvalue weighted by molar-refractivity contribution is 5.83. The lowest BCUT2D eigenvalue weighted by atomic mass is 9.81. The molecular formula is C19H36N4O2. The first kappa shape index (κ1) is 20.2. The Bertz CT molecular complexity index is 448. The van der Waals surface area contributed by atoms with Gasteiger partial charge in [-0.2, -0.15) is 0 Å². The van der Waals surface area contributed by atoms with Crippen LogP contribution in [0.1, 0.15) is 52.9 Å². The number of nitrogens with two attached hydrogens (primary N) is 1. The Morgan fingerprint density at radius 2 is 1.68 bits per heavy atom. The summed E-state index contributed by atoms with van der Waals surface area (Å²) in [6.07, 6.45) is 5.02. The Labute approximate surface area is 152 Å². The van der Waals surface area contributed by atoms with Crippen LogP contribution in [0.5, 0.6) is 0 Å². The van der Waals surface area contributed by atoms with Gasteiger partial charge in [-0.1, -0.05) is 13.8 Å². The van der Waals surface area contributed by atoms with Gasteiger partial charge in [-0.15, -0.1) is 0 Å². The zero-order valence-corrected chi connectivity index (χ0v) is 16.3. The van der Waals surface area contributed by atoms with Crippen molar-refractivity contribution in [2.45, 2.75) is 58.9 Å². The van der Waals surface area contributed by atoms with Crippen molar-refractivity contribution in [3.8, 4) is 0 Å². The van der Waals surface area contributed by atoms with Crippen LogP contribution in [0, 0.1) is 5.41 Å². The van der Waals surface area contributed by atoms with E-state index in [0.29, 0.717) is 32.2 Å². The van der Waals surface area contributed by atoms with Crippen LogP contribution in [0.25, 0.3) is 0 Å². The molecule has 2 aliphatic heterocycles. The smallest absolute Gasteiger partial charge is 0.236 e. The monoisotopic (exact) mass is 352 g/mol. The molecular weight excluding hydrogens is 316 g/mol. The van der Waals surface area contributed by atoms with Crippen LogP contribution in [0.2, 0.25) is 0 Å².